The van der Waals surface area contributed by atoms with Gasteiger partial charge in [0, 0.05) is 6.20 Å². The molecular formula is C14H10BrN5OS. The Morgan fingerprint density at radius 1 is 1.36 bits per heavy atom. The van der Waals surface area contributed by atoms with Crippen molar-refractivity contribution in [1.29, 1.82) is 0 Å². The minimum absolute atomic E-state index is 0.276. The minimum atomic E-state index is -0.384. The van der Waals surface area contributed by atoms with E-state index >= 15 is 0 Å². The van der Waals surface area contributed by atoms with Crippen LogP contribution in [-0.2, 0) is 0 Å². The SMILES string of the molecule is O=C(N/N=C\c1ccccn1)c1cc(-c2ccc(Br)s2)[nH]n1. The van der Waals surface area contributed by atoms with Gasteiger partial charge in [-0.05, 0) is 46.3 Å². The quantitative estimate of drug-likeness (QED) is 0.542. The van der Waals surface area contributed by atoms with Gasteiger partial charge in [0.05, 0.1) is 26.3 Å². The van der Waals surface area contributed by atoms with Crippen molar-refractivity contribution in [1.82, 2.24) is 20.6 Å². The molecule has 0 aromatic carbocycles. The first kappa shape index (κ1) is 14.6. The molecule has 0 aliphatic rings. The van der Waals surface area contributed by atoms with Crippen molar-refractivity contribution in [3.8, 4) is 10.6 Å². The van der Waals surface area contributed by atoms with Crippen LogP contribution in [-0.4, -0.2) is 27.3 Å². The Morgan fingerprint density at radius 2 is 2.27 bits per heavy atom. The second kappa shape index (κ2) is 6.63. The summed E-state index contributed by atoms with van der Waals surface area (Å²) in [7, 11) is 0. The van der Waals surface area contributed by atoms with E-state index in [1.54, 1.807) is 29.7 Å². The number of aromatic nitrogens is 3. The van der Waals surface area contributed by atoms with Crippen LogP contribution in [0.4, 0.5) is 0 Å². The Kier molecular flexibility index (Phi) is 4.40. The van der Waals surface area contributed by atoms with E-state index in [1.807, 2.05) is 24.3 Å². The van der Waals surface area contributed by atoms with E-state index in [2.05, 4.69) is 41.6 Å². The molecule has 3 rings (SSSR count). The van der Waals surface area contributed by atoms with Crippen LogP contribution >= 0.6 is 27.3 Å². The van der Waals surface area contributed by atoms with Gasteiger partial charge < -0.3 is 0 Å². The van der Waals surface area contributed by atoms with E-state index in [-0.39, 0.29) is 11.6 Å². The highest BCUT2D eigenvalue weighted by Crippen LogP contribution is 2.30. The van der Waals surface area contributed by atoms with Gasteiger partial charge in [-0.25, -0.2) is 5.43 Å². The number of rotatable bonds is 4. The number of hydrogen-bond acceptors (Lipinski definition) is 5. The summed E-state index contributed by atoms with van der Waals surface area (Å²) < 4.78 is 1.02. The molecule has 0 aliphatic carbocycles. The van der Waals surface area contributed by atoms with Crippen LogP contribution in [0.1, 0.15) is 16.2 Å². The van der Waals surface area contributed by atoms with Gasteiger partial charge in [-0.3, -0.25) is 14.9 Å². The van der Waals surface area contributed by atoms with Crippen LogP contribution in [0.15, 0.2) is 51.5 Å². The lowest BCUT2D eigenvalue weighted by Crippen LogP contribution is -2.18. The first-order valence-corrected chi connectivity index (χ1v) is 7.89. The summed E-state index contributed by atoms with van der Waals surface area (Å²) in [5.74, 6) is -0.384. The summed E-state index contributed by atoms with van der Waals surface area (Å²) in [5, 5.41) is 10.7. The number of nitrogens with zero attached hydrogens (tertiary/aromatic N) is 3. The molecule has 0 atom stereocenters. The number of thiophene rings is 1. The van der Waals surface area contributed by atoms with Crippen molar-refractivity contribution >= 4 is 39.4 Å². The predicted octanol–water partition coefficient (Wildman–Crippen LogP) is 3.06. The molecule has 0 spiro atoms. The second-order valence-electron chi connectivity index (χ2n) is 4.22. The lowest BCUT2D eigenvalue weighted by Gasteiger charge is -1.94. The topological polar surface area (TPSA) is 83.0 Å². The average molecular weight is 376 g/mol. The number of carbonyl (C=O) groups excluding carboxylic acids is 1. The number of pyridine rings is 1. The summed E-state index contributed by atoms with van der Waals surface area (Å²) in [5.41, 5.74) is 4.14. The van der Waals surface area contributed by atoms with Gasteiger partial charge in [-0.1, -0.05) is 6.07 Å². The van der Waals surface area contributed by atoms with Crippen LogP contribution in [0.3, 0.4) is 0 Å². The van der Waals surface area contributed by atoms with Crippen molar-refractivity contribution < 1.29 is 4.79 Å². The van der Waals surface area contributed by atoms with Crippen LogP contribution in [0.25, 0.3) is 10.6 Å². The first-order chi connectivity index (χ1) is 10.7. The number of halogens is 1. The number of amides is 1. The maximum Gasteiger partial charge on any atom is 0.291 e. The number of hydrazone groups is 1. The van der Waals surface area contributed by atoms with Gasteiger partial charge in [0.1, 0.15) is 0 Å². The molecule has 0 aliphatic heterocycles. The van der Waals surface area contributed by atoms with E-state index in [1.165, 1.54) is 6.21 Å². The number of hydrogen-bond donors (Lipinski definition) is 2. The standard InChI is InChI=1S/C14H10BrN5OS/c15-13-5-4-12(22-13)10-7-11(19-18-10)14(21)20-17-8-9-3-1-2-6-16-9/h1-8H,(H,18,19)(H,20,21)/b17-8-. The van der Waals surface area contributed by atoms with Crippen molar-refractivity contribution in [3.05, 3.63) is 57.8 Å². The highest BCUT2D eigenvalue weighted by Gasteiger charge is 2.11. The predicted molar refractivity (Wildman–Crippen MR) is 88.9 cm³/mol. The molecule has 0 unspecified atom stereocenters. The van der Waals surface area contributed by atoms with E-state index in [0.29, 0.717) is 5.69 Å². The number of H-pyrrole nitrogens is 1. The van der Waals surface area contributed by atoms with Gasteiger partial charge >= 0.3 is 0 Å². The van der Waals surface area contributed by atoms with Gasteiger partial charge in [0.2, 0.25) is 0 Å². The van der Waals surface area contributed by atoms with Crippen LogP contribution in [0, 0.1) is 0 Å². The third-order valence-electron chi connectivity index (χ3n) is 2.70. The minimum Gasteiger partial charge on any atom is -0.276 e. The zero-order chi connectivity index (χ0) is 15.4. The van der Waals surface area contributed by atoms with Gasteiger partial charge in [0.15, 0.2) is 5.69 Å². The molecule has 0 fully saturated rings. The molecule has 6 nitrogen and oxygen atoms in total. The number of carbonyl (C=O) groups is 1. The highest BCUT2D eigenvalue weighted by molar-refractivity contribution is 9.11. The van der Waals surface area contributed by atoms with Crippen molar-refractivity contribution in [2.75, 3.05) is 0 Å². The van der Waals surface area contributed by atoms with Crippen molar-refractivity contribution in [2.45, 2.75) is 0 Å². The van der Waals surface area contributed by atoms with Gasteiger partial charge in [-0.2, -0.15) is 10.2 Å². The summed E-state index contributed by atoms with van der Waals surface area (Å²) in [6.07, 6.45) is 3.13. The second-order valence-corrected chi connectivity index (χ2v) is 6.69. The molecule has 0 saturated heterocycles. The fourth-order valence-electron chi connectivity index (χ4n) is 1.69. The molecule has 22 heavy (non-hydrogen) atoms. The summed E-state index contributed by atoms with van der Waals surface area (Å²) in [6.45, 7) is 0. The molecular weight excluding hydrogens is 366 g/mol. The molecule has 3 aromatic heterocycles. The molecule has 8 heteroatoms. The third kappa shape index (κ3) is 3.46. The van der Waals surface area contributed by atoms with E-state index in [9.17, 15) is 4.79 Å². The monoisotopic (exact) mass is 375 g/mol. The van der Waals surface area contributed by atoms with E-state index < -0.39 is 0 Å². The molecule has 0 saturated carbocycles. The molecule has 0 bridgehead atoms. The van der Waals surface area contributed by atoms with Crippen LogP contribution < -0.4 is 5.43 Å². The first-order valence-electron chi connectivity index (χ1n) is 6.28. The molecule has 0 radical (unpaired) electrons. The summed E-state index contributed by atoms with van der Waals surface area (Å²) in [4.78, 5) is 17.0. The lowest BCUT2D eigenvalue weighted by molar-refractivity contribution is 0.0950. The Labute approximate surface area is 138 Å². The Morgan fingerprint density at radius 3 is 3.00 bits per heavy atom. The fourth-order valence-corrected chi connectivity index (χ4v) is 3.04. The van der Waals surface area contributed by atoms with E-state index in [4.69, 9.17) is 0 Å². The molecule has 3 heterocycles. The average Bonchev–Trinajstić information content (AvgIpc) is 3.17. The summed E-state index contributed by atoms with van der Waals surface area (Å²) >= 11 is 4.96. The van der Waals surface area contributed by atoms with Crippen LogP contribution in [0.5, 0.6) is 0 Å². The van der Waals surface area contributed by atoms with Crippen LogP contribution in [0.2, 0.25) is 0 Å². The highest BCUT2D eigenvalue weighted by atomic mass is 79.9. The molecule has 1 amide bonds. The molecule has 2 N–H and O–H groups in total. The zero-order valence-corrected chi connectivity index (χ0v) is 13.6. The Balaban J connectivity index is 1.66. The van der Waals surface area contributed by atoms with E-state index in [0.717, 1.165) is 14.4 Å². The molecule has 3 aromatic rings. The Bertz CT molecular complexity index is 812. The maximum atomic E-state index is 12.0. The normalized spacial score (nSPS) is 11.0. The van der Waals surface area contributed by atoms with Gasteiger partial charge in [0.25, 0.3) is 5.91 Å². The summed E-state index contributed by atoms with van der Waals surface area (Å²) in [6, 6.07) is 11.0. The zero-order valence-electron chi connectivity index (χ0n) is 11.2. The van der Waals surface area contributed by atoms with Crippen molar-refractivity contribution in [3.63, 3.8) is 0 Å². The lowest BCUT2D eigenvalue weighted by atomic mass is 10.3. The molecule has 110 valence electrons. The maximum absolute atomic E-state index is 12.0. The number of aromatic amines is 1. The number of nitrogens with one attached hydrogen (secondary N) is 2. The largest absolute Gasteiger partial charge is 0.291 e. The third-order valence-corrected chi connectivity index (χ3v) is 4.36. The smallest absolute Gasteiger partial charge is 0.276 e. The van der Waals surface area contributed by atoms with Crippen molar-refractivity contribution in [2.24, 2.45) is 5.10 Å². The van der Waals surface area contributed by atoms with Gasteiger partial charge in [-0.15, -0.1) is 11.3 Å². The Hall–Kier alpha value is -2.32. The fraction of sp³-hybridized carbons (Fsp3) is 0.